The summed E-state index contributed by atoms with van der Waals surface area (Å²) in [6.07, 6.45) is 4.50. The lowest BCUT2D eigenvalue weighted by Crippen LogP contribution is -2.04. The van der Waals surface area contributed by atoms with Crippen LogP contribution in [0.15, 0.2) is 17.9 Å². The molecule has 0 spiro atoms. The van der Waals surface area contributed by atoms with Crippen molar-refractivity contribution in [3.8, 4) is 0 Å². The number of hydrogen-bond donors (Lipinski definition) is 2. The van der Waals surface area contributed by atoms with Crippen LogP contribution in [0.4, 0.5) is 11.6 Å². The lowest BCUT2D eigenvalue weighted by molar-refractivity contribution is 1.17. The lowest BCUT2D eigenvalue weighted by atomic mass is 10.3. The van der Waals surface area contributed by atoms with Crippen molar-refractivity contribution in [2.24, 2.45) is 4.99 Å². The largest absolute Gasteiger partial charge is 0.383 e. The summed E-state index contributed by atoms with van der Waals surface area (Å²) in [5.74, 6) is 1.00. The van der Waals surface area contributed by atoms with Crippen LogP contribution < -0.4 is 11.1 Å². The van der Waals surface area contributed by atoms with Gasteiger partial charge in [0.05, 0.1) is 11.9 Å². The Hall–Kier alpha value is -1.91. The van der Waals surface area contributed by atoms with Gasteiger partial charge in [-0.2, -0.15) is 0 Å². The summed E-state index contributed by atoms with van der Waals surface area (Å²) in [6.45, 7) is 3.62. The molecule has 0 bridgehead atoms. The van der Waals surface area contributed by atoms with Crippen molar-refractivity contribution in [2.45, 2.75) is 0 Å². The van der Waals surface area contributed by atoms with Gasteiger partial charge in [0.1, 0.15) is 18.0 Å². The molecule has 68 valence electrons. The highest BCUT2D eigenvalue weighted by atomic mass is 15.0. The average molecular weight is 177 g/mol. The van der Waals surface area contributed by atoms with Crippen molar-refractivity contribution >= 4 is 24.1 Å². The number of rotatable bonds is 3. The Morgan fingerprint density at radius 1 is 1.62 bits per heavy atom. The molecule has 1 aromatic heterocycles. The fraction of sp³-hybridized carbons (Fsp3) is 0.125. The Labute approximate surface area is 76.4 Å². The third kappa shape index (κ3) is 2.02. The maximum absolute atomic E-state index is 5.60. The smallest absolute Gasteiger partial charge is 0.143 e. The van der Waals surface area contributed by atoms with Crippen LogP contribution in [0.5, 0.6) is 0 Å². The van der Waals surface area contributed by atoms with Gasteiger partial charge in [-0.1, -0.05) is 12.7 Å². The van der Waals surface area contributed by atoms with E-state index in [2.05, 4.69) is 26.9 Å². The number of aromatic nitrogens is 2. The third-order valence-electron chi connectivity index (χ3n) is 1.45. The Bertz CT molecular complexity index is 331. The van der Waals surface area contributed by atoms with Crippen LogP contribution in [0.25, 0.3) is 6.08 Å². The molecule has 1 aromatic rings. The van der Waals surface area contributed by atoms with E-state index in [0.29, 0.717) is 17.2 Å². The molecule has 0 aliphatic carbocycles. The summed E-state index contributed by atoms with van der Waals surface area (Å²) in [5, 5.41) is 2.86. The van der Waals surface area contributed by atoms with Gasteiger partial charge in [-0.05, 0) is 0 Å². The first-order valence-corrected chi connectivity index (χ1v) is 3.69. The zero-order chi connectivity index (χ0) is 9.68. The molecule has 0 saturated heterocycles. The topological polar surface area (TPSA) is 76.2 Å². The van der Waals surface area contributed by atoms with E-state index in [-0.39, 0.29) is 0 Å². The maximum atomic E-state index is 5.60. The zero-order valence-electron chi connectivity index (χ0n) is 7.36. The first kappa shape index (κ1) is 9.18. The predicted molar refractivity (Wildman–Crippen MR) is 54.6 cm³/mol. The van der Waals surface area contributed by atoms with Crippen molar-refractivity contribution < 1.29 is 0 Å². The van der Waals surface area contributed by atoms with Gasteiger partial charge in [0, 0.05) is 7.05 Å². The molecule has 13 heavy (non-hydrogen) atoms. The average Bonchev–Trinajstić information content (AvgIpc) is 2.15. The van der Waals surface area contributed by atoms with Gasteiger partial charge in [-0.3, -0.25) is 4.99 Å². The molecule has 0 unspecified atom stereocenters. The van der Waals surface area contributed by atoms with Gasteiger partial charge in [-0.25, -0.2) is 9.97 Å². The molecule has 0 aromatic carbocycles. The van der Waals surface area contributed by atoms with Crippen molar-refractivity contribution in [3.63, 3.8) is 0 Å². The van der Waals surface area contributed by atoms with E-state index in [1.54, 1.807) is 13.1 Å². The minimum Gasteiger partial charge on any atom is -0.383 e. The fourth-order valence-corrected chi connectivity index (χ4v) is 0.851. The highest BCUT2D eigenvalue weighted by Gasteiger charge is 2.02. The van der Waals surface area contributed by atoms with E-state index in [1.807, 2.05) is 0 Å². The summed E-state index contributed by atoms with van der Waals surface area (Å²) in [5.41, 5.74) is 6.28. The maximum Gasteiger partial charge on any atom is 0.143 e. The number of hydrogen-bond acceptors (Lipinski definition) is 4. The van der Waals surface area contributed by atoms with E-state index in [0.717, 1.165) is 0 Å². The van der Waals surface area contributed by atoms with Crippen LogP contribution in [-0.2, 0) is 0 Å². The van der Waals surface area contributed by atoms with E-state index in [9.17, 15) is 0 Å². The van der Waals surface area contributed by atoms with Crippen molar-refractivity contribution in [1.29, 1.82) is 0 Å². The van der Waals surface area contributed by atoms with Crippen LogP contribution in [0, 0.1) is 0 Å². The van der Waals surface area contributed by atoms with Crippen LogP contribution >= 0.6 is 0 Å². The molecule has 3 N–H and O–H groups in total. The minimum atomic E-state index is 0.400. The zero-order valence-corrected chi connectivity index (χ0v) is 7.36. The molecule has 5 heteroatoms. The summed E-state index contributed by atoms with van der Waals surface area (Å²) in [7, 11) is 1.66. The number of nitrogens with two attached hydrogens (primary N) is 1. The number of nitrogens with one attached hydrogen (secondary N) is 1. The molecule has 0 amide bonds. The normalized spacial score (nSPS) is 10.2. The van der Waals surface area contributed by atoms with Crippen LogP contribution in [0.1, 0.15) is 5.56 Å². The Morgan fingerprint density at radius 3 is 3.00 bits per heavy atom. The third-order valence-corrected chi connectivity index (χ3v) is 1.45. The summed E-state index contributed by atoms with van der Waals surface area (Å²) < 4.78 is 0. The van der Waals surface area contributed by atoms with Gasteiger partial charge in [0.15, 0.2) is 0 Å². The van der Waals surface area contributed by atoms with Gasteiger partial charge < -0.3 is 11.1 Å². The summed E-state index contributed by atoms with van der Waals surface area (Å²) in [4.78, 5) is 11.6. The predicted octanol–water partition coefficient (Wildman–Crippen LogP) is 0.772. The van der Waals surface area contributed by atoms with Gasteiger partial charge in [-0.15, -0.1) is 0 Å². The minimum absolute atomic E-state index is 0.400. The number of aliphatic imine (C=N–C) groups is 1. The molecule has 0 radical (unpaired) electrons. The number of nitrogens with zero attached hydrogens (tertiary/aromatic N) is 3. The molecule has 0 fully saturated rings. The second-order valence-electron chi connectivity index (χ2n) is 2.26. The molecule has 1 heterocycles. The second-order valence-corrected chi connectivity index (χ2v) is 2.26. The van der Waals surface area contributed by atoms with Gasteiger partial charge in [0.25, 0.3) is 0 Å². The second kappa shape index (κ2) is 4.20. The Morgan fingerprint density at radius 2 is 2.38 bits per heavy atom. The van der Waals surface area contributed by atoms with Crippen molar-refractivity contribution in [3.05, 3.63) is 18.5 Å². The summed E-state index contributed by atoms with van der Waals surface area (Å²) >= 11 is 0. The Kier molecular flexibility index (Phi) is 2.97. The molecule has 0 aliphatic rings. The number of nitrogen functional groups attached to an aromatic ring is 1. The standard InChI is InChI=1S/C8H11N5/c1-3-6-7(9)11-5-13-8(6)12-4-10-2/h3-5H,1H2,2H3,(H3,9,10,11,12,13). The van der Waals surface area contributed by atoms with E-state index < -0.39 is 0 Å². The molecular weight excluding hydrogens is 166 g/mol. The van der Waals surface area contributed by atoms with Crippen molar-refractivity contribution in [2.75, 3.05) is 18.1 Å². The van der Waals surface area contributed by atoms with Crippen LogP contribution in [0.3, 0.4) is 0 Å². The van der Waals surface area contributed by atoms with Gasteiger partial charge in [0.2, 0.25) is 0 Å². The van der Waals surface area contributed by atoms with Gasteiger partial charge >= 0.3 is 0 Å². The fourth-order valence-electron chi connectivity index (χ4n) is 0.851. The Balaban J connectivity index is 3.04. The first-order chi connectivity index (χ1) is 6.29. The van der Waals surface area contributed by atoms with E-state index >= 15 is 0 Å². The summed E-state index contributed by atoms with van der Waals surface area (Å²) in [6, 6.07) is 0. The molecule has 0 aliphatic heterocycles. The van der Waals surface area contributed by atoms with Crippen molar-refractivity contribution in [1.82, 2.24) is 9.97 Å². The number of anilines is 2. The molecule has 0 atom stereocenters. The molecule has 5 nitrogen and oxygen atoms in total. The SMILES string of the molecule is C=Cc1c(N)ncnc1NC=NC. The quantitative estimate of drug-likeness (QED) is 0.528. The van der Waals surface area contributed by atoms with E-state index in [1.165, 1.54) is 12.7 Å². The lowest BCUT2D eigenvalue weighted by Gasteiger charge is -2.04. The molecular formula is C8H11N5. The molecule has 1 rings (SSSR count). The van der Waals surface area contributed by atoms with Crippen LogP contribution in [0.2, 0.25) is 0 Å². The highest BCUT2D eigenvalue weighted by molar-refractivity contribution is 5.81. The first-order valence-electron chi connectivity index (χ1n) is 3.69. The van der Waals surface area contributed by atoms with Crippen LogP contribution in [-0.4, -0.2) is 23.4 Å². The molecule has 0 saturated carbocycles. The highest BCUT2D eigenvalue weighted by Crippen LogP contribution is 2.16. The monoisotopic (exact) mass is 177 g/mol. The van der Waals surface area contributed by atoms with E-state index in [4.69, 9.17) is 5.73 Å².